The first-order valence-corrected chi connectivity index (χ1v) is 10.7. The van der Waals surface area contributed by atoms with Gasteiger partial charge in [0.15, 0.2) is 5.69 Å². The van der Waals surface area contributed by atoms with Gasteiger partial charge in [-0.1, -0.05) is 42.0 Å². The molecule has 1 aromatic heterocycles. The molecule has 7 heteroatoms. The summed E-state index contributed by atoms with van der Waals surface area (Å²) in [5.74, 6) is 0.587. The first-order valence-electron chi connectivity index (χ1n) is 10.7. The van der Waals surface area contributed by atoms with Crippen molar-refractivity contribution in [2.75, 3.05) is 13.7 Å². The minimum Gasteiger partial charge on any atom is -0.497 e. The van der Waals surface area contributed by atoms with Crippen LogP contribution in [0.25, 0.3) is 0 Å². The quantitative estimate of drug-likeness (QED) is 0.650. The summed E-state index contributed by atoms with van der Waals surface area (Å²) in [6.45, 7) is 3.47. The van der Waals surface area contributed by atoms with Crippen LogP contribution in [0, 0.1) is 6.92 Å². The van der Waals surface area contributed by atoms with Crippen LogP contribution in [0.15, 0.2) is 48.5 Å². The summed E-state index contributed by atoms with van der Waals surface area (Å²) >= 11 is 0. The molecule has 3 aromatic rings. The predicted molar refractivity (Wildman–Crippen MR) is 121 cm³/mol. The molecule has 4 rings (SSSR count). The van der Waals surface area contributed by atoms with Crippen molar-refractivity contribution in [3.63, 3.8) is 0 Å². The van der Waals surface area contributed by atoms with Gasteiger partial charge in [0, 0.05) is 44.4 Å². The third kappa shape index (κ3) is 4.66. The molecule has 2 amide bonds. The van der Waals surface area contributed by atoms with Crippen molar-refractivity contribution in [1.29, 1.82) is 0 Å². The molecule has 7 nitrogen and oxygen atoms in total. The van der Waals surface area contributed by atoms with E-state index in [0.29, 0.717) is 38.2 Å². The average Bonchev–Trinajstić information content (AvgIpc) is 3.14. The van der Waals surface area contributed by atoms with Gasteiger partial charge in [-0.15, -0.1) is 0 Å². The van der Waals surface area contributed by atoms with Crippen molar-refractivity contribution in [1.82, 2.24) is 20.0 Å². The lowest BCUT2D eigenvalue weighted by molar-refractivity contribution is -0.131. The van der Waals surface area contributed by atoms with Gasteiger partial charge in [-0.05, 0) is 30.2 Å². The van der Waals surface area contributed by atoms with E-state index >= 15 is 0 Å². The highest BCUT2D eigenvalue weighted by molar-refractivity contribution is 5.94. The van der Waals surface area contributed by atoms with Crippen LogP contribution in [0.1, 0.15) is 38.4 Å². The SMILES string of the molecule is COc1ccc(CC(=O)N2CCc3c(c(C(=O)NCc4cccc(C)c4)nn3C)C2)cc1. The molecule has 1 N–H and O–H groups in total. The van der Waals surface area contributed by atoms with E-state index in [1.165, 1.54) is 0 Å². The maximum atomic E-state index is 12.9. The normalized spacial score (nSPS) is 12.9. The van der Waals surface area contributed by atoms with E-state index in [9.17, 15) is 9.59 Å². The van der Waals surface area contributed by atoms with Crippen molar-refractivity contribution in [3.8, 4) is 5.75 Å². The topological polar surface area (TPSA) is 76.5 Å². The number of benzene rings is 2. The Balaban J connectivity index is 1.45. The monoisotopic (exact) mass is 432 g/mol. The second-order valence-corrected chi connectivity index (χ2v) is 8.16. The Bertz CT molecular complexity index is 1130. The molecule has 2 heterocycles. The van der Waals surface area contributed by atoms with E-state index in [1.807, 2.05) is 67.4 Å². The maximum absolute atomic E-state index is 12.9. The van der Waals surface area contributed by atoms with Crippen LogP contribution in [0.3, 0.4) is 0 Å². The fraction of sp³-hybridized carbons (Fsp3) is 0.320. The molecule has 166 valence electrons. The molecule has 1 aliphatic heterocycles. The number of carbonyl (C=O) groups is 2. The number of ether oxygens (including phenoxy) is 1. The van der Waals surface area contributed by atoms with Crippen LogP contribution < -0.4 is 10.1 Å². The number of nitrogens with zero attached hydrogens (tertiary/aromatic N) is 3. The summed E-state index contributed by atoms with van der Waals surface area (Å²) in [6, 6.07) is 15.6. The number of methoxy groups -OCH3 is 1. The van der Waals surface area contributed by atoms with Crippen LogP contribution in [-0.2, 0) is 37.8 Å². The van der Waals surface area contributed by atoms with E-state index in [0.717, 1.165) is 33.7 Å². The van der Waals surface area contributed by atoms with E-state index in [1.54, 1.807) is 11.8 Å². The van der Waals surface area contributed by atoms with E-state index in [-0.39, 0.29) is 11.8 Å². The van der Waals surface area contributed by atoms with Crippen LogP contribution in [0.4, 0.5) is 0 Å². The highest BCUT2D eigenvalue weighted by atomic mass is 16.5. The fourth-order valence-electron chi connectivity index (χ4n) is 4.11. The van der Waals surface area contributed by atoms with Gasteiger partial charge >= 0.3 is 0 Å². The molecular formula is C25H28N4O3. The number of carbonyl (C=O) groups excluding carboxylic acids is 2. The molecule has 0 radical (unpaired) electrons. The van der Waals surface area contributed by atoms with Gasteiger partial charge in [0.05, 0.1) is 13.5 Å². The highest BCUT2D eigenvalue weighted by Gasteiger charge is 2.29. The fourth-order valence-corrected chi connectivity index (χ4v) is 4.11. The molecular weight excluding hydrogens is 404 g/mol. The molecule has 0 saturated carbocycles. The Morgan fingerprint density at radius 3 is 2.62 bits per heavy atom. The van der Waals surface area contributed by atoms with Crippen molar-refractivity contribution in [2.24, 2.45) is 7.05 Å². The largest absolute Gasteiger partial charge is 0.497 e. The molecule has 0 aliphatic carbocycles. The van der Waals surface area contributed by atoms with Crippen LogP contribution in [0.2, 0.25) is 0 Å². The minimum atomic E-state index is -0.215. The van der Waals surface area contributed by atoms with Gasteiger partial charge in [-0.3, -0.25) is 14.3 Å². The Kier molecular flexibility index (Phi) is 6.25. The highest BCUT2D eigenvalue weighted by Crippen LogP contribution is 2.23. The molecule has 0 atom stereocenters. The molecule has 0 fully saturated rings. The van der Waals surface area contributed by atoms with Gasteiger partial charge in [-0.25, -0.2) is 0 Å². The Morgan fingerprint density at radius 2 is 1.91 bits per heavy atom. The molecule has 0 spiro atoms. The first-order chi connectivity index (χ1) is 15.4. The summed E-state index contributed by atoms with van der Waals surface area (Å²) in [5, 5.41) is 7.44. The summed E-state index contributed by atoms with van der Waals surface area (Å²) in [6.07, 6.45) is 0.993. The summed E-state index contributed by atoms with van der Waals surface area (Å²) < 4.78 is 6.94. The van der Waals surface area contributed by atoms with E-state index in [4.69, 9.17) is 4.74 Å². The standard InChI is InChI=1S/C25H28N4O3/c1-17-5-4-6-19(13-17)15-26-25(31)24-21-16-29(12-11-22(21)28(2)27-24)23(30)14-18-7-9-20(32-3)10-8-18/h4-10,13H,11-12,14-16H2,1-3H3,(H,26,31). The number of fused-ring (bicyclic) bond motifs is 1. The first kappa shape index (κ1) is 21.6. The molecule has 2 aromatic carbocycles. The van der Waals surface area contributed by atoms with E-state index < -0.39 is 0 Å². The zero-order valence-corrected chi connectivity index (χ0v) is 18.7. The van der Waals surface area contributed by atoms with Crippen molar-refractivity contribution >= 4 is 11.8 Å². The molecule has 1 aliphatic rings. The summed E-state index contributed by atoms with van der Waals surface area (Å²) in [4.78, 5) is 27.7. The van der Waals surface area contributed by atoms with Crippen LogP contribution >= 0.6 is 0 Å². The lowest BCUT2D eigenvalue weighted by Gasteiger charge is -2.27. The molecule has 0 saturated heterocycles. The van der Waals surface area contributed by atoms with Gasteiger partial charge < -0.3 is 15.0 Å². The molecule has 0 bridgehead atoms. The lowest BCUT2D eigenvalue weighted by atomic mass is 10.0. The number of aryl methyl sites for hydroxylation is 2. The van der Waals surface area contributed by atoms with Crippen LogP contribution in [-0.4, -0.2) is 40.1 Å². The predicted octanol–water partition coefficient (Wildman–Crippen LogP) is 2.79. The van der Waals surface area contributed by atoms with Gasteiger partial charge in [0.2, 0.25) is 5.91 Å². The third-order valence-electron chi connectivity index (χ3n) is 5.86. The minimum absolute atomic E-state index is 0.0378. The second-order valence-electron chi connectivity index (χ2n) is 8.16. The van der Waals surface area contributed by atoms with Gasteiger partial charge in [-0.2, -0.15) is 5.10 Å². The third-order valence-corrected chi connectivity index (χ3v) is 5.86. The Labute approximate surface area is 188 Å². The molecule has 32 heavy (non-hydrogen) atoms. The Morgan fingerprint density at radius 1 is 1.12 bits per heavy atom. The number of aromatic nitrogens is 2. The summed E-state index contributed by atoms with van der Waals surface area (Å²) in [7, 11) is 3.47. The number of amides is 2. The lowest BCUT2D eigenvalue weighted by Crippen LogP contribution is -2.38. The van der Waals surface area contributed by atoms with Crippen molar-refractivity contribution in [2.45, 2.75) is 32.9 Å². The van der Waals surface area contributed by atoms with Crippen LogP contribution in [0.5, 0.6) is 5.75 Å². The second kappa shape index (κ2) is 9.26. The molecule has 0 unspecified atom stereocenters. The zero-order chi connectivity index (χ0) is 22.7. The number of hydrogen-bond donors (Lipinski definition) is 1. The smallest absolute Gasteiger partial charge is 0.272 e. The van der Waals surface area contributed by atoms with Gasteiger partial charge in [0.1, 0.15) is 5.75 Å². The van der Waals surface area contributed by atoms with Gasteiger partial charge in [0.25, 0.3) is 5.91 Å². The Hall–Kier alpha value is -3.61. The summed E-state index contributed by atoms with van der Waals surface area (Å²) in [5.41, 5.74) is 5.38. The van der Waals surface area contributed by atoms with E-state index in [2.05, 4.69) is 10.4 Å². The van der Waals surface area contributed by atoms with Crippen molar-refractivity contribution in [3.05, 3.63) is 82.2 Å². The average molecular weight is 433 g/mol. The maximum Gasteiger partial charge on any atom is 0.272 e. The number of hydrogen-bond acceptors (Lipinski definition) is 4. The number of nitrogens with one attached hydrogen (secondary N) is 1. The zero-order valence-electron chi connectivity index (χ0n) is 18.7. The van der Waals surface area contributed by atoms with Crippen molar-refractivity contribution < 1.29 is 14.3 Å². The number of rotatable bonds is 6.